The zero-order valence-electron chi connectivity index (χ0n) is 14.1. The van der Waals surface area contributed by atoms with Gasteiger partial charge < -0.3 is 4.74 Å². The lowest BCUT2D eigenvalue weighted by Crippen LogP contribution is -2.22. The third kappa shape index (κ3) is 6.17. The highest BCUT2D eigenvalue weighted by atomic mass is 19.4. The van der Waals surface area contributed by atoms with Crippen molar-refractivity contribution in [3.05, 3.63) is 40.7 Å². The molecule has 0 bridgehead atoms. The predicted octanol–water partition coefficient (Wildman–Crippen LogP) is 6.66. The fraction of sp³-hybridized carbons (Fsp3) is 0.529. The summed E-state index contributed by atoms with van der Waals surface area (Å²) in [5, 5.41) is 0. The molecule has 0 aliphatic rings. The van der Waals surface area contributed by atoms with Crippen molar-refractivity contribution in [3.8, 4) is 5.75 Å². The van der Waals surface area contributed by atoms with Gasteiger partial charge in [0, 0.05) is 0 Å². The van der Waals surface area contributed by atoms with E-state index in [0.29, 0.717) is 0 Å². The van der Waals surface area contributed by atoms with Crippen LogP contribution in [0.2, 0.25) is 0 Å². The molecule has 0 radical (unpaired) electrons. The number of hydrogen-bond acceptors (Lipinski definition) is 1. The van der Waals surface area contributed by atoms with E-state index in [-0.39, 0.29) is 12.8 Å². The summed E-state index contributed by atoms with van der Waals surface area (Å²) in [6, 6.07) is 1.58. The number of allylic oxidation sites excluding steroid dienone is 2. The average molecular weight is 390 g/mol. The third-order valence-electron chi connectivity index (χ3n) is 3.52. The molecule has 0 amide bonds. The van der Waals surface area contributed by atoms with E-state index in [4.69, 9.17) is 0 Å². The molecule has 0 aliphatic heterocycles. The second-order valence-electron chi connectivity index (χ2n) is 5.61. The van der Waals surface area contributed by atoms with Crippen LogP contribution in [0.15, 0.2) is 24.0 Å². The summed E-state index contributed by atoms with van der Waals surface area (Å²) in [5.74, 6) is -1.73. The highest BCUT2D eigenvalue weighted by Gasteiger charge is 2.47. The summed E-state index contributed by atoms with van der Waals surface area (Å²) in [4.78, 5) is 0. The Morgan fingerprint density at radius 2 is 1.65 bits per heavy atom. The van der Waals surface area contributed by atoms with Crippen LogP contribution in [0.4, 0.5) is 35.1 Å². The molecule has 0 aromatic heterocycles. The molecule has 0 saturated heterocycles. The molecule has 26 heavy (non-hydrogen) atoms. The Morgan fingerprint density at radius 1 is 1.08 bits per heavy atom. The Morgan fingerprint density at radius 3 is 2.12 bits per heavy atom. The van der Waals surface area contributed by atoms with Gasteiger partial charge in [-0.25, -0.2) is 8.78 Å². The van der Waals surface area contributed by atoms with Gasteiger partial charge in [-0.3, -0.25) is 0 Å². The highest BCUT2D eigenvalue weighted by Crippen LogP contribution is 2.47. The largest absolute Gasteiger partial charge is 0.490 e. The van der Waals surface area contributed by atoms with Gasteiger partial charge in [0.15, 0.2) is 0 Å². The first-order valence-electron chi connectivity index (χ1n) is 7.77. The van der Waals surface area contributed by atoms with E-state index in [2.05, 4.69) is 4.74 Å². The van der Waals surface area contributed by atoms with Crippen LogP contribution < -0.4 is 4.74 Å². The van der Waals surface area contributed by atoms with Crippen LogP contribution in [0.1, 0.15) is 43.4 Å². The van der Waals surface area contributed by atoms with E-state index in [1.165, 1.54) is 6.92 Å². The van der Waals surface area contributed by atoms with Crippen LogP contribution in [-0.2, 0) is 18.8 Å². The number of alkyl halides is 7. The summed E-state index contributed by atoms with van der Waals surface area (Å²) in [6.07, 6.45) is -12.0. The maximum absolute atomic E-state index is 13.4. The van der Waals surface area contributed by atoms with Gasteiger partial charge in [0.05, 0.1) is 11.4 Å². The van der Waals surface area contributed by atoms with Crippen LogP contribution in [0.5, 0.6) is 5.75 Å². The second kappa shape index (κ2) is 8.73. The lowest BCUT2D eigenvalue weighted by atomic mass is 9.95. The number of rotatable bonds is 7. The van der Waals surface area contributed by atoms with Crippen LogP contribution in [0.3, 0.4) is 0 Å². The summed E-state index contributed by atoms with van der Waals surface area (Å²) >= 11 is 0. The van der Waals surface area contributed by atoms with Gasteiger partial charge in [0.1, 0.15) is 24.1 Å². The van der Waals surface area contributed by atoms with Crippen molar-refractivity contribution >= 4 is 0 Å². The van der Waals surface area contributed by atoms with Crippen LogP contribution >= 0.6 is 0 Å². The number of ether oxygens (including phenoxy) is 1. The summed E-state index contributed by atoms with van der Waals surface area (Å²) in [5.41, 5.74) is -4.52. The van der Waals surface area contributed by atoms with Gasteiger partial charge in [0.25, 0.3) is 0 Å². The molecule has 148 valence electrons. The minimum Gasteiger partial charge on any atom is -0.490 e. The van der Waals surface area contributed by atoms with E-state index in [1.54, 1.807) is 0 Å². The van der Waals surface area contributed by atoms with Crippen molar-refractivity contribution in [1.29, 1.82) is 0 Å². The fourth-order valence-electron chi connectivity index (χ4n) is 2.29. The van der Waals surface area contributed by atoms with Crippen molar-refractivity contribution in [2.75, 3.05) is 6.61 Å². The molecule has 0 aliphatic carbocycles. The van der Waals surface area contributed by atoms with E-state index in [9.17, 15) is 35.1 Å². The molecular formula is C17H18F8O. The first kappa shape index (κ1) is 22.2. The quantitative estimate of drug-likeness (QED) is 0.473. The highest BCUT2D eigenvalue weighted by molar-refractivity contribution is 5.49. The minimum atomic E-state index is -5.36. The summed E-state index contributed by atoms with van der Waals surface area (Å²) in [6.45, 7) is 1.70. The van der Waals surface area contributed by atoms with Crippen molar-refractivity contribution in [2.24, 2.45) is 0 Å². The topological polar surface area (TPSA) is 9.23 Å². The fourth-order valence-corrected chi connectivity index (χ4v) is 2.29. The lowest BCUT2D eigenvalue weighted by Gasteiger charge is -2.22. The maximum atomic E-state index is 13.4. The zero-order chi connectivity index (χ0) is 20.1. The van der Waals surface area contributed by atoms with Gasteiger partial charge in [-0.05, 0) is 37.8 Å². The molecule has 0 saturated carbocycles. The molecule has 1 aromatic carbocycles. The van der Waals surface area contributed by atoms with Gasteiger partial charge in [0.2, 0.25) is 0 Å². The first-order chi connectivity index (χ1) is 11.9. The molecule has 0 N–H and O–H groups in total. The van der Waals surface area contributed by atoms with Gasteiger partial charge in [-0.1, -0.05) is 19.1 Å². The van der Waals surface area contributed by atoms with Crippen molar-refractivity contribution in [3.63, 3.8) is 0 Å². The molecule has 0 spiro atoms. The van der Waals surface area contributed by atoms with E-state index >= 15 is 0 Å². The first-order valence-corrected chi connectivity index (χ1v) is 7.77. The monoisotopic (exact) mass is 390 g/mol. The molecule has 1 unspecified atom stereocenters. The second-order valence-corrected chi connectivity index (χ2v) is 5.61. The SMILES string of the molecule is CCC(F)COc1ccc(CC/C=C(/C)F)c(C(F)(F)F)c1C(F)(F)F. The molecule has 1 rings (SSSR count). The van der Waals surface area contributed by atoms with Gasteiger partial charge >= 0.3 is 12.4 Å². The van der Waals surface area contributed by atoms with Crippen molar-refractivity contribution < 1.29 is 39.9 Å². The number of aryl methyl sites for hydroxylation is 1. The van der Waals surface area contributed by atoms with Crippen LogP contribution in [0.25, 0.3) is 0 Å². The molecule has 1 aromatic rings. The Hall–Kier alpha value is -1.80. The molecule has 9 heteroatoms. The molecular weight excluding hydrogens is 372 g/mol. The Labute approximate surface area is 145 Å². The maximum Gasteiger partial charge on any atom is 0.420 e. The molecule has 0 heterocycles. The van der Waals surface area contributed by atoms with Crippen molar-refractivity contribution in [2.45, 2.75) is 51.6 Å². The van der Waals surface area contributed by atoms with Crippen LogP contribution in [0, 0.1) is 0 Å². The predicted molar refractivity (Wildman–Crippen MR) is 80.3 cm³/mol. The Balaban J connectivity index is 3.44. The number of halogens is 8. The summed E-state index contributed by atoms with van der Waals surface area (Å²) < 4.78 is 111. The normalized spacial score (nSPS) is 14.5. The van der Waals surface area contributed by atoms with E-state index < -0.39 is 59.8 Å². The number of benzene rings is 1. The molecule has 1 atom stereocenters. The number of hydrogen-bond donors (Lipinski definition) is 0. The third-order valence-corrected chi connectivity index (χ3v) is 3.52. The van der Waals surface area contributed by atoms with E-state index in [0.717, 1.165) is 25.1 Å². The Bertz CT molecular complexity index is 627. The van der Waals surface area contributed by atoms with Gasteiger partial charge in [-0.2, -0.15) is 26.3 Å². The average Bonchev–Trinajstić information content (AvgIpc) is 2.50. The molecule has 0 fully saturated rings. The van der Waals surface area contributed by atoms with E-state index in [1.807, 2.05) is 0 Å². The minimum absolute atomic E-state index is 0.0551. The van der Waals surface area contributed by atoms with Crippen LogP contribution in [-0.4, -0.2) is 12.8 Å². The standard InChI is InChI=1S/C17H18F8O/c1-3-12(19)9-26-13-8-7-11(6-4-5-10(2)18)14(16(20,21)22)15(13)17(23,24)25/h5,7-8,12H,3-4,6,9H2,1-2H3/b10-5-. The molecule has 1 nitrogen and oxygen atoms in total. The summed E-state index contributed by atoms with van der Waals surface area (Å²) in [7, 11) is 0. The Kier molecular flexibility index (Phi) is 7.46. The lowest BCUT2D eigenvalue weighted by molar-refractivity contribution is -0.163. The smallest absolute Gasteiger partial charge is 0.420 e. The van der Waals surface area contributed by atoms with Crippen molar-refractivity contribution in [1.82, 2.24) is 0 Å². The van der Waals surface area contributed by atoms with Gasteiger partial charge in [-0.15, -0.1) is 0 Å². The zero-order valence-corrected chi connectivity index (χ0v) is 14.1.